The number of hydrogen-bond donors (Lipinski definition) is 1. The minimum Gasteiger partial charge on any atom is -0.266 e. The number of benzene rings is 1. The van der Waals surface area contributed by atoms with Crippen LogP contribution in [-0.2, 0) is 0 Å². The van der Waals surface area contributed by atoms with Gasteiger partial charge in [0, 0.05) is 11.6 Å². The van der Waals surface area contributed by atoms with Crippen molar-refractivity contribution in [2.24, 2.45) is 5.10 Å². The molecule has 0 bridgehead atoms. The molecule has 0 spiro atoms. The maximum atomic E-state index is 11.9. The third kappa shape index (κ3) is 3.25. The highest BCUT2D eigenvalue weighted by atomic mass is 16.2. The summed E-state index contributed by atoms with van der Waals surface area (Å²) < 4.78 is 0. The highest BCUT2D eigenvalue weighted by Gasteiger charge is 2.06. The van der Waals surface area contributed by atoms with Crippen LogP contribution in [0, 0.1) is 0 Å². The highest BCUT2D eigenvalue weighted by molar-refractivity contribution is 5.95. The molecule has 1 amide bonds. The lowest BCUT2D eigenvalue weighted by atomic mass is 10.2. The van der Waals surface area contributed by atoms with E-state index >= 15 is 0 Å². The Morgan fingerprint density at radius 3 is 2.84 bits per heavy atom. The van der Waals surface area contributed by atoms with E-state index in [4.69, 9.17) is 0 Å². The molecule has 4 heteroatoms. The Kier molecular flexibility index (Phi) is 4.03. The molecule has 4 nitrogen and oxygen atoms in total. The summed E-state index contributed by atoms with van der Waals surface area (Å²) in [4.78, 5) is 16.1. The monoisotopic (exact) mass is 253 g/mol. The molecule has 0 fully saturated rings. The zero-order chi connectivity index (χ0) is 13.7. The second-order valence-electron chi connectivity index (χ2n) is 4.12. The van der Waals surface area contributed by atoms with Crippen LogP contribution in [0.4, 0.5) is 0 Å². The van der Waals surface area contributed by atoms with E-state index < -0.39 is 0 Å². The van der Waals surface area contributed by atoms with Crippen molar-refractivity contribution in [1.82, 2.24) is 10.4 Å². The number of rotatable bonds is 3. The zero-order valence-electron chi connectivity index (χ0n) is 10.9. The van der Waals surface area contributed by atoms with Gasteiger partial charge in [0.05, 0.1) is 5.52 Å². The fourth-order valence-electron chi connectivity index (χ4n) is 1.52. The van der Waals surface area contributed by atoms with E-state index in [2.05, 4.69) is 15.5 Å². The average Bonchev–Trinajstić information content (AvgIpc) is 2.46. The van der Waals surface area contributed by atoms with Crippen LogP contribution >= 0.6 is 0 Å². The molecule has 1 aromatic heterocycles. The van der Waals surface area contributed by atoms with Gasteiger partial charge >= 0.3 is 0 Å². The normalized spacial score (nSPS) is 12.0. The third-order valence-corrected chi connectivity index (χ3v) is 2.72. The van der Waals surface area contributed by atoms with Crippen LogP contribution in [-0.4, -0.2) is 17.1 Å². The van der Waals surface area contributed by atoms with Gasteiger partial charge in [-0.1, -0.05) is 30.3 Å². The summed E-state index contributed by atoms with van der Waals surface area (Å²) in [7, 11) is 0. The summed E-state index contributed by atoms with van der Waals surface area (Å²) in [5.74, 6) is -0.314. The van der Waals surface area contributed by atoms with Crippen LogP contribution < -0.4 is 5.43 Å². The molecule has 0 saturated heterocycles. The predicted octanol–water partition coefficient (Wildman–Crippen LogP) is 2.92. The number of hydrogen-bond acceptors (Lipinski definition) is 3. The smallest absolute Gasteiger partial charge is 0.266 e. The molecule has 0 saturated carbocycles. The van der Waals surface area contributed by atoms with E-state index in [0.29, 0.717) is 5.69 Å². The Hall–Kier alpha value is -2.49. The van der Waals surface area contributed by atoms with Crippen LogP contribution in [0.25, 0.3) is 10.9 Å². The maximum Gasteiger partial charge on any atom is 0.289 e. The van der Waals surface area contributed by atoms with Gasteiger partial charge in [0.25, 0.3) is 5.91 Å². The Labute approximate surface area is 111 Å². The van der Waals surface area contributed by atoms with Gasteiger partial charge in [-0.15, -0.1) is 0 Å². The van der Waals surface area contributed by atoms with E-state index in [9.17, 15) is 4.79 Å². The summed E-state index contributed by atoms with van der Waals surface area (Å²) >= 11 is 0. The van der Waals surface area contributed by atoms with Crippen molar-refractivity contribution in [1.29, 1.82) is 0 Å². The molecular formula is C15H15N3O. The van der Waals surface area contributed by atoms with Gasteiger partial charge < -0.3 is 0 Å². The van der Waals surface area contributed by atoms with Crippen molar-refractivity contribution in [3.63, 3.8) is 0 Å². The lowest BCUT2D eigenvalue weighted by Crippen LogP contribution is -2.18. The molecule has 0 unspecified atom stereocenters. The lowest BCUT2D eigenvalue weighted by Gasteiger charge is -2.01. The minimum atomic E-state index is -0.314. The molecule has 96 valence electrons. The quantitative estimate of drug-likeness (QED) is 0.675. The van der Waals surface area contributed by atoms with E-state index in [1.54, 1.807) is 12.3 Å². The Balaban J connectivity index is 2.15. The summed E-state index contributed by atoms with van der Waals surface area (Å²) in [6, 6.07) is 11.2. The van der Waals surface area contributed by atoms with Gasteiger partial charge in [-0.05, 0) is 31.6 Å². The molecule has 0 atom stereocenters. The number of nitrogens with zero attached hydrogens (tertiary/aromatic N) is 2. The molecule has 1 heterocycles. The topological polar surface area (TPSA) is 54.4 Å². The third-order valence-electron chi connectivity index (χ3n) is 2.72. The zero-order valence-corrected chi connectivity index (χ0v) is 10.9. The Morgan fingerprint density at radius 2 is 2.05 bits per heavy atom. The first-order chi connectivity index (χ1) is 9.20. The number of para-hydroxylation sites is 1. The number of nitrogens with one attached hydrogen (secondary N) is 1. The van der Waals surface area contributed by atoms with Gasteiger partial charge in [0.15, 0.2) is 0 Å². The lowest BCUT2D eigenvalue weighted by molar-refractivity contribution is 0.0950. The molecule has 2 aromatic rings. The first-order valence-electron chi connectivity index (χ1n) is 6.03. The number of amides is 1. The van der Waals surface area contributed by atoms with Gasteiger partial charge in [-0.25, -0.2) is 10.4 Å². The summed E-state index contributed by atoms with van der Waals surface area (Å²) in [5.41, 5.74) is 4.59. The molecule has 0 radical (unpaired) electrons. The molecule has 0 aliphatic heterocycles. The molecule has 0 aliphatic carbocycles. The Morgan fingerprint density at radius 1 is 1.26 bits per heavy atom. The van der Waals surface area contributed by atoms with Crippen LogP contribution in [0.15, 0.2) is 53.1 Å². The fraction of sp³-hybridized carbons (Fsp3) is 0.133. The highest BCUT2D eigenvalue weighted by Crippen LogP contribution is 2.11. The fourth-order valence-corrected chi connectivity index (χ4v) is 1.52. The number of hydrazone groups is 1. The van der Waals surface area contributed by atoms with Crippen molar-refractivity contribution < 1.29 is 4.79 Å². The van der Waals surface area contributed by atoms with Crippen molar-refractivity contribution in [3.8, 4) is 0 Å². The van der Waals surface area contributed by atoms with Crippen molar-refractivity contribution in [2.45, 2.75) is 13.8 Å². The van der Waals surface area contributed by atoms with E-state index in [-0.39, 0.29) is 5.91 Å². The van der Waals surface area contributed by atoms with E-state index in [0.717, 1.165) is 16.5 Å². The van der Waals surface area contributed by atoms with Crippen molar-refractivity contribution in [3.05, 3.63) is 53.7 Å². The Bertz CT molecular complexity index is 659. The number of fused-ring (bicyclic) bond motifs is 1. The number of allylic oxidation sites excluding steroid dienone is 2. The summed E-state index contributed by atoms with van der Waals surface area (Å²) in [6.45, 7) is 3.82. The van der Waals surface area contributed by atoms with Crippen LogP contribution in [0.5, 0.6) is 0 Å². The van der Waals surface area contributed by atoms with Gasteiger partial charge in [-0.2, -0.15) is 5.10 Å². The van der Waals surface area contributed by atoms with Crippen LogP contribution in [0.2, 0.25) is 0 Å². The van der Waals surface area contributed by atoms with Gasteiger partial charge in [0.2, 0.25) is 0 Å². The number of aromatic nitrogens is 1. The summed E-state index contributed by atoms with van der Waals surface area (Å²) in [6.07, 6.45) is 3.50. The van der Waals surface area contributed by atoms with Crippen LogP contribution in [0.3, 0.4) is 0 Å². The van der Waals surface area contributed by atoms with Gasteiger partial charge in [0.1, 0.15) is 5.69 Å². The standard InChI is InChI=1S/C15H15N3O/c1-3-11(2)10-16-18-15(19)14-9-8-12-6-4-5-7-13(12)17-14/h3-10H,1-2H3,(H,18,19)/b11-3+,16-10+. The van der Waals surface area contributed by atoms with E-state index in [1.165, 1.54) is 0 Å². The molecule has 2 rings (SSSR count). The maximum absolute atomic E-state index is 11.9. The number of pyridine rings is 1. The van der Waals surface area contributed by atoms with E-state index in [1.807, 2.05) is 50.3 Å². The molecular weight excluding hydrogens is 238 g/mol. The average molecular weight is 253 g/mol. The molecule has 1 aromatic carbocycles. The first kappa shape index (κ1) is 13.0. The molecule has 0 aliphatic rings. The molecule has 1 N–H and O–H groups in total. The SMILES string of the molecule is C/C=C(C)/C=N/NC(=O)c1ccc2ccccc2n1. The van der Waals surface area contributed by atoms with Crippen LogP contribution in [0.1, 0.15) is 24.3 Å². The largest absolute Gasteiger partial charge is 0.289 e. The number of carbonyl (C=O) groups excluding carboxylic acids is 1. The van der Waals surface area contributed by atoms with Gasteiger partial charge in [-0.3, -0.25) is 4.79 Å². The molecule has 19 heavy (non-hydrogen) atoms. The predicted molar refractivity (Wildman–Crippen MR) is 77.1 cm³/mol. The summed E-state index contributed by atoms with van der Waals surface area (Å²) in [5, 5.41) is 4.87. The second-order valence-corrected chi connectivity index (χ2v) is 4.12. The first-order valence-corrected chi connectivity index (χ1v) is 6.03. The van der Waals surface area contributed by atoms with Crippen molar-refractivity contribution in [2.75, 3.05) is 0 Å². The minimum absolute atomic E-state index is 0.314. The number of carbonyl (C=O) groups is 1. The van der Waals surface area contributed by atoms with Crippen molar-refractivity contribution >= 4 is 23.0 Å². The second kappa shape index (κ2) is 5.91.